The van der Waals surface area contributed by atoms with Gasteiger partial charge in [0.1, 0.15) is 0 Å². The quantitative estimate of drug-likeness (QED) is 0.467. The number of unbranched alkanes of at least 4 members (excludes halogenated alkanes) is 3. The third kappa shape index (κ3) is 5.36. The second-order valence-electron chi connectivity index (χ2n) is 3.99. The Kier molecular flexibility index (Phi) is 5.76. The summed E-state index contributed by atoms with van der Waals surface area (Å²) in [5.74, 6) is 0. The molecular weight excluding hydrogens is 182 g/mol. The standard InChI is InChI=1S/C14H21N/c1-3-4-5-7-10-13(2)15-14-11-8-6-9-12-14/h6,8-9,11-12H,3-5,7,10H2,1-2H3/b15-13-. The van der Waals surface area contributed by atoms with Crippen molar-refractivity contribution in [2.45, 2.75) is 46.0 Å². The Morgan fingerprint density at radius 2 is 1.80 bits per heavy atom. The molecule has 0 unspecified atom stereocenters. The fourth-order valence-electron chi connectivity index (χ4n) is 1.59. The number of hydrogen-bond donors (Lipinski definition) is 0. The highest BCUT2D eigenvalue weighted by molar-refractivity contribution is 5.84. The first kappa shape index (κ1) is 12.0. The van der Waals surface area contributed by atoms with E-state index in [9.17, 15) is 0 Å². The third-order valence-electron chi connectivity index (χ3n) is 2.47. The number of rotatable bonds is 6. The van der Waals surface area contributed by atoms with Crippen LogP contribution in [0.3, 0.4) is 0 Å². The van der Waals surface area contributed by atoms with Crippen molar-refractivity contribution >= 4 is 11.4 Å². The lowest BCUT2D eigenvalue weighted by atomic mass is 10.1. The number of nitrogens with zero attached hydrogens (tertiary/aromatic N) is 1. The average Bonchev–Trinajstić information content (AvgIpc) is 2.26. The van der Waals surface area contributed by atoms with Gasteiger partial charge in [0.05, 0.1) is 5.69 Å². The highest BCUT2D eigenvalue weighted by Crippen LogP contribution is 2.12. The predicted molar refractivity (Wildman–Crippen MR) is 68.0 cm³/mol. The van der Waals surface area contributed by atoms with Crippen molar-refractivity contribution in [1.82, 2.24) is 0 Å². The summed E-state index contributed by atoms with van der Waals surface area (Å²) in [6.07, 6.45) is 6.39. The molecule has 15 heavy (non-hydrogen) atoms. The molecule has 0 bridgehead atoms. The molecule has 0 saturated carbocycles. The normalized spacial score (nSPS) is 11.7. The highest BCUT2D eigenvalue weighted by atomic mass is 14.7. The summed E-state index contributed by atoms with van der Waals surface area (Å²) < 4.78 is 0. The van der Waals surface area contributed by atoms with Gasteiger partial charge in [-0.3, -0.25) is 4.99 Å². The highest BCUT2D eigenvalue weighted by Gasteiger charge is 1.93. The van der Waals surface area contributed by atoms with E-state index in [-0.39, 0.29) is 0 Å². The predicted octanol–water partition coefficient (Wildman–Crippen LogP) is 4.75. The van der Waals surface area contributed by atoms with Gasteiger partial charge >= 0.3 is 0 Å². The Morgan fingerprint density at radius 3 is 2.47 bits per heavy atom. The van der Waals surface area contributed by atoms with Crippen LogP contribution in [0.15, 0.2) is 35.3 Å². The van der Waals surface area contributed by atoms with E-state index in [4.69, 9.17) is 0 Å². The number of hydrogen-bond acceptors (Lipinski definition) is 1. The average molecular weight is 203 g/mol. The summed E-state index contributed by atoms with van der Waals surface area (Å²) >= 11 is 0. The van der Waals surface area contributed by atoms with Crippen LogP contribution < -0.4 is 0 Å². The number of aliphatic imine (C=N–C) groups is 1. The molecule has 0 spiro atoms. The van der Waals surface area contributed by atoms with Crippen LogP contribution in [0.25, 0.3) is 0 Å². The molecule has 1 nitrogen and oxygen atoms in total. The molecule has 82 valence electrons. The lowest BCUT2D eigenvalue weighted by Crippen LogP contribution is -1.90. The van der Waals surface area contributed by atoms with Crippen molar-refractivity contribution in [3.63, 3.8) is 0 Å². The molecule has 1 rings (SSSR count). The minimum atomic E-state index is 1.07. The zero-order chi connectivity index (χ0) is 10.9. The van der Waals surface area contributed by atoms with Crippen LogP contribution in [-0.2, 0) is 0 Å². The topological polar surface area (TPSA) is 12.4 Å². The van der Waals surface area contributed by atoms with E-state index < -0.39 is 0 Å². The van der Waals surface area contributed by atoms with Crippen molar-refractivity contribution in [3.05, 3.63) is 30.3 Å². The minimum absolute atomic E-state index is 1.07. The first-order chi connectivity index (χ1) is 7.33. The summed E-state index contributed by atoms with van der Waals surface area (Å²) in [5, 5.41) is 0. The Balaban J connectivity index is 2.33. The molecule has 1 heteroatoms. The van der Waals surface area contributed by atoms with Gasteiger partial charge in [0.25, 0.3) is 0 Å². The molecule has 0 N–H and O–H groups in total. The van der Waals surface area contributed by atoms with Gasteiger partial charge in [-0.25, -0.2) is 0 Å². The van der Waals surface area contributed by atoms with Gasteiger partial charge in [0.2, 0.25) is 0 Å². The molecule has 0 aromatic heterocycles. The third-order valence-corrected chi connectivity index (χ3v) is 2.47. The summed E-state index contributed by atoms with van der Waals surface area (Å²) in [6, 6.07) is 10.2. The molecule has 0 aliphatic heterocycles. The van der Waals surface area contributed by atoms with Crippen LogP contribution in [-0.4, -0.2) is 5.71 Å². The van der Waals surface area contributed by atoms with Crippen LogP contribution >= 0.6 is 0 Å². The summed E-state index contributed by atoms with van der Waals surface area (Å²) in [6.45, 7) is 4.36. The van der Waals surface area contributed by atoms with E-state index in [1.54, 1.807) is 0 Å². The lowest BCUT2D eigenvalue weighted by Gasteiger charge is -2.00. The van der Waals surface area contributed by atoms with Gasteiger partial charge in [-0.2, -0.15) is 0 Å². The molecule has 0 fully saturated rings. The van der Waals surface area contributed by atoms with Crippen LogP contribution in [0.2, 0.25) is 0 Å². The van der Waals surface area contributed by atoms with Crippen molar-refractivity contribution < 1.29 is 0 Å². The maximum atomic E-state index is 4.57. The SMILES string of the molecule is CCCCCC/C(C)=N\c1ccccc1. The van der Waals surface area contributed by atoms with Gasteiger partial charge in [0.15, 0.2) is 0 Å². The fraction of sp³-hybridized carbons (Fsp3) is 0.500. The largest absolute Gasteiger partial charge is 0.258 e. The molecule has 1 aromatic rings. The first-order valence-electron chi connectivity index (χ1n) is 5.92. The Labute approximate surface area is 93.2 Å². The van der Waals surface area contributed by atoms with E-state index in [2.05, 4.69) is 31.0 Å². The van der Waals surface area contributed by atoms with E-state index in [0.29, 0.717) is 0 Å². The van der Waals surface area contributed by atoms with E-state index in [1.165, 1.54) is 31.4 Å². The maximum absolute atomic E-state index is 4.57. The molecular formula is C14H21N. The van der Waals surface area contributed by atoms with Crippen molar-refractivity contribution in [2.75, 3.05) is 0 Å². The summed E-state index contributed by atoms with van der Waals surface area (Å²) in [5.41, 5.74) is 2.32. The second-order valence-corrected chi connectivity index (χ2v) is 3.99. The summed E-state index contributed by atoms with van der Waals surface area (Å²) in [4.78, 5) is 4.57. The monoisotopic (exact) mass is 203 g/mol. The van der Waals surface area contributed by atoms with Crippen LogP contribution in [0.4, 0.5) is 5.69 Å². The zero-order valence-electron chi connectivity index (χ0n) is 9.87. The zero-order valence-corrected chi connectivity index (χ0v) is 9.87. The van der Waals surface area contributed by atoms with Gasteiger partial charge in [0, 0.05) is 5.71 Å². The molecule has 0 heterocycles. The number of benzene rings is 1. The molecule has 0 aliphatic rings. The van der Waals surface area contributed by atoms with Gasteiger partial charge < -0.3 is 0 Å². The van der Waals surface area contributed by atoms with Crippen LogP contribution in [0, 0.1) is 0 Å². The molecule has 0 amide bonds. The number of para-hydroxylation sites is 1. The summed E-state index contributed by atoms with van der Waals surface area (Å²) in [7, 11) is 0. The van der Waals surface area contributed by atoms with Crippen LogP contribution in [0.1, 0.15) is 46.0 Å². The minimum Gasteiger partial charge on any atom is -0.258 e. The first-order valence-corrected chi connectivity index (χ1v) is 5.92. The molecule has 0 aliphatic carbocycles. The molecule has 0 radical (unpaired) electrons. The van der Waals surface area contributed by atoms with E-state index >= 15 is 0 Å². The van der Waals surface area contributed by atoms with Crippen molar-refractivity contribution in [2.24, 2.45) is 4.99 Å². The van der Waals surface area contributed by atoms with Crippen molar-refractivity contribution in [3.8, 4) is 0 Å². The Bertz CT molecular complexity index is 287. The molecule has 1 aromatic carbocycles. The Hall–Kier alpha value is -1.11. The van der Waals surface area contributed by atoms with Gasteiger partial charge in [-0.15, -0.1) is 0 Å². The van der Waals surface area contributed by atoms with E-state index in [0.717, 1.165) is 12.1 Å². The fourth-order valence-corrected chi connectivity index (χ4v) is 1.59. The molecule has 0 atom stereocenters. The maximum Gasteiger partial charge on any atom is 0.0628 e. The lowest BCUT2D eigenvalue weighted by molar-refractivity contribution is 0.682. The smallest absolute Gasteiger partial charge is 0.0628 e. The van der Waals surface area contributed by atoms with Gasteiger partial charge in [-0.1, -0.05) is 44.4 Å². The second kappa shape index (κ2) is 7.22. The van der Waals surface area contributed by atoms with Crippen molar-refractivity contribution in [1.29, 1.82) is 0 Å². The van der Waals surface area contributed by atoms with Crippen LogP contribution in [0.5, 0.6) is 0 Å². The van der Waals surface area contributed by atoms with Gasteiger partial charge in [-0.05, 0) is 31.9 Å². The Morgan fingerprint density at radius 1 is 1.07 bits per heavy atom. The molecule has 0 saturated heterocycles. The van der Waals surface area contributed by atoms with E-state index in [1.807, 2.05) is 18.2 Å².